The maximum atomic E-state index is 10.9. The maximum absolute atomic E-state index is 10.9. The van der Waals surface area contributed by atoms with Crippen LogP contribution in [0, 0.1) is 0 Å². The predicted molar refractivity (Wildman–Crippen MR) is 98.9 cm³/mol. The van der Waals surface area contributed by atoms with Gasteiger partial charge in [0.25, 0.3) is 0 Å². The van der Waals surface area contributed by atoms with Crippen LogP contribution in [0.2, 0.25) is 0 Å². The number of aromatic nitrogens is 3. The number of rotatable bonds is 11. The van der Waals surface area contributed by atoms with Gasteiger partial charge in [0.1, 0.15) is 12.1 Å². The Morgan fingerprint density at radius 2 is 2.00 bits per heavy atom. The van der Waals surface area contributed by atoms with Crippen LogP contribution in [0.4, 0.5) is 0 Å². The number of aryl methyl sites for hydroxylation is 1. The molecule has 0 unspecified atom stereocenters. The zero-order valence-electron chi connectivity index (χ0n) is 15.0. The molecule has 1 heterocycles. The van der Waals surface area contributed by atoms with E-state index in [-0.39, 0.29) is 0 Å². The summed E-state index contributed by atoms with van der Waals surface area (Å²) in [5.41, 5.74) is 0.574. The lowest BCUT2D eigenvalue weighted by molar-refractivity contribution is 0.112. The highest BCUT2D eigenvalue weighted by atomic mass is 32.2. The molecule has 0 saturated carbocycles. The molecule has 2 rings (SSSR count). The summed E-state index contributed by atoms with van der Waals surface area (Å²) in [6.07, 6.45) is 2.80. The molecule has 0 aliphatic heterocycles. The van der Waals surface area contributed by atoms with E-state index in [0.29, 0.717) is 30.3 Å². The highest BCUT2D eigenvalue weighted by molar-refractivity contribution is 7.99. The first-order valence-corrected chi connectivity index (χ1v) is 9.61. The Hall–Kier alpha value is -2.02. The van der Waals surface area contributed by atoms with E-state index < -0.39 is 0 Å². The van der Waals surface area contributed by atoms with Gasteiger partial charge in [-0.2, -0.15) is 0 Å². The van der Waals surface area contributed by atoms with Crippen molar-refractivity contribution in [1.82, 2.24) is 14.8 Å². The number of ether oxygens (including phenoxy) is 2. The monoisotopic (exact) mass is 363 g/mol. The summed E-state index contributed by atoms with van der Waals surface area (Å²) in [5.74, 6) is 3.04. The molecule has 0 N–H and O–H groups in total. The number of thioether (sulfide) groups is 1. The summed E-state index contributed by atoms with van der Waals surface area (Å²) in [7, 11) is 0. The molecule has 0 bridgehead atoms. The number of benzene rings is 1. The van der Waals surface area contributed by atoms with Gasteiger partial charge in [-0.1, -0.05) is 18.7 Å². The molecule has 6 nitrogen and oxygen atoms in total. The van der Waals surface area contributed by atoms with Crippen LogP contribution in [0.1, 0.15) is 43.4 Å². The van der Waals surface area contributed by atoms with Gasteiger partial charge in [0.2, 0.25) is 0 Å². The summed E-state index contributed by atoms with van der Waals surface area (Å²) >= 11 is 1.63. The van der Waals surface area contributed by atoms with Crippen molar-refractivity contribution in [2.24, 2.45) is 0 Å². The number of nitrogens with zero attached hydrogens (tertiary/aromatic N) is 3. The molecule has 0 atom stereocenters. The minimum Gasteiger partial charge on any atom is -0.490 e. The normalized spacial score (nSPS) is 10.7. The largest absolute Gasteiger partial charge is 0.490 e. The van der Waals surface area contributed by atoms with Crippen LogP contribution in [0.5, 0.6) is 11.5 Å². The van der Waals surface area contributed by atoms with Crippen LogP contribution in [0.25, 0.3) is 0 Å². The fraction of sp³-hybridized carbons (Fsp3) is 0.500. The average Bonchev–Trinajstić information content (AvgIpc) is 3.02. The second-order valence-electron chi connectivity index (χ2n) is 5.35. The van der Waals surface area contributed by atoms with Gasteiger partial charge in [-0.15, -0.1) is 10.2 Å². The van der Waals surface area contributed by atoms with Crippen molar-refractivity contribution in [3.63, 3.8) is 0 Å². The zero-order valence-corrected chi connectivity index (χ0v) is 15.8. The molecule has 25 heavy (non-hydrogen) atoms. The summed E-state index contributed by atoms with van der Waals surface area (Å²) in [6.45, 7) is 8.05. The van der Waals surface area contributed by atoms with E-state index in [2.05, 4.69) is 28.6 Å². The molecular weight excluding hydrogens is 338 g/mol. The van der Waals surface area contributed by atoms with E-state index >= 15 is 0 Å². The predicted octanol–water partition coefficient (Wildman–Crippen LogP) is 3.63. The minimum atomic E-state index is 0.519. The van der Waals surface area contributed by atoms with Crippen molar-refractivity contribution >= 4 is 18.0 Å². The maximum Gasteiger partial charge on any atom is 0.191 e. The topological polar surface area (TPSA) is 66.2 Å². The third kappa shape index (κ3) is 5.22. The Kier molecular flexibility index (Phi) is 7.78. The molecule has 0 fully saturated rings. The summed E-state index contributed by atoms with van der Waals surface area (Å²) in [5, 5.41) is 9.47. The second kappa shape index (κ2) is 10.1. The second-order valence-corrected chi connectivity index (χ2v) is 6.41. The molecule has 0 amide bonds. The zero-order chi connectivity index (χ0) is 18.1. The SMILES string of the molecule is CCCc1nnc(SCCOc2ccc(C=O)cc2OCC)n1CC. The molecule has 0 spiro atoms. The Morgan fingerprint density at radius 1 is 1.16 bits per heavy atom. The van der Waals surface area contributed by atoms with Crippen molar-refractivity contribution in [3.8, 4) is 11.5 Å². The molecule has 1 aromatic heterocycles. The van der Waals surface area contributed by atoms with Gasteiger partial charge >= 0.3 is 0 Å². The number of aldehydes is 1. The van der Waals surface area contributed by atoms with Crippen molar-refractivity contribution in [2.45, 2.75) is 45.3 Å². The summed E-state index contributed by atoms with van der Waals surface area (Å²) in [6, 6.07) is 5.19. The molecule has 0 aliphatic rings. The van der Waals surface area contributed by atoms with Crippen LogP contribution < -0.4 is 9.47 Å². The van der Waals surface area contributed by atoms with Gasteiger partial charge in [0.05, 0.1) is 13.2 Å². The van der Waals surface area contributed by atoms with Gasteiger partial charge in [-0.05, 0) is 38.5 Å². The molecule has 0 aliphatic carbocycles. The van der Waals surface area contributed by atoms with Crippen molar-refractivity contribution in [3.05, 3.63) is 29.6 Å². The average molecular weight is 363 g/mol. The number of carbonyl (C=O) groups excluding carboxylic acids is 1. The van der Waals surface area contributed by atoms with Crippen LogP contribution >= 0.6 is 11.8 Å². The Morgan fingerprint density at radius 3 is 2.68 bits per heavy atom. The van der Waals surface area contributed by atoms with Gasteiger partial charge in [-0.25, -0.2) is 0 Å². The van der Waals surface area contributed by atoms with Crippen LogP contribution in [-0.2, 0) is 13.0 Å². The third-order valence-corrected chi connectivity index (χ3v) is 4.49. The smallest absolute Gasteiger partial charge is 0.191 e. The fourth-order valence-electron chi connectivity index (χ4n) is 2.42. The van der Waals surface area contributed by atoms with Gasteiger partial charge in [0.15, 0.2) is 16.7 Å². The number of hydrogen-bond acceptors (Lipinski definition) is 6. The molecule has 1 aromatic carbocycles. The first-order valence-electron chi connectivity index (χ1n) is 8.63. The minimum absolute atomic E-state index is 0.519. The summed E-state index contributed by atoms with van der Waals surface area (Å²) in [4.78, 5) is 10.9. The Labute approximate surface area is 152 Å². The molecule has 2 aromatic rings. The molecule has 0 radical (unpaired) electrons. The van der Waals surface area contributed by atoms with Crippen molar-refractivity contribution < 1.29 is 14.3 Å². The first kappa shape index (κ1) is 19.3. The van der Waals surface area contributed by atoms with E-state index in [1.807, 2.05) is 6.92 Å². The van der Waals surface area contributed by atoms with Crippen LogP contribution in [0.15, 0.2) is 23.4 Å². The lowest BCUT2D eigenvalue weighted by Gasteiger charge is -2.12. The molecular formula is C18H25N3O3S. The van der Waals surface area contributed by atoms with E-state index in [9.17, 15) is 4.79 Å². The van der Waals surface area contributed by atoms with Crippen molar-refractivity contribution in [2.75, 3.05) is 19.0 Å². The van der Waals surface area contributed by atoms with Crippen molar-refractivity contribution in [1.29, 1.82) is 0 Å². The van der Waals surface area contributed by atoms with E-state index in [1.54, 1.807) is 30.0 Å². The number of carbonyl (C=O) groups is 1. The lowest BCUT2D eigenvalue weighted by atomic mass is 10.2. The lowest BCUT2D eigenvalue weighted by Crippen LogP contribution is -2.06. The molecule has 0 saturated heterocycles. The molecule has 7 heteroatoms. The fourth-order valence-corrected chi connectivity index (χ4v) is 3.26. The Bertz CT molecular complexity index is 688. The van der Waals surface area contributed by atoms with Gasteiger partial charge < -0.3 is 14.0 Å². The van der Waals surface area contributed by atoms with E-state index in [0.717, 1.165) is 42.4 Å². The highest BCUT2D eigenvalue weighted by Crippen LogP contribution is 2.28. The van der Waals surface area contributed by atoms with Crippen LogP contribution in [0.3, 0.4) is 0 Å². The number of hydrogen-bond donors (Lipinski definition) is 0. The highest BCUT2D eigenvalue weighted by Gasteiger charge is 2.11. The first-order chi connectivity index (χ1) is 12.2. The standard InChI is InChI=1S/C18H25N3O3S/c1-4-7-17-19-20-18(21(17)5-2)25-11-10-24-15-9-8-14(13-22)12-16(15)23-6-3/h8-9,12-13H,4-7,10-11H2,1-3H3. The van der Waals surface area contributed by atoms with Crippen LogP contribution in [-0.4, -0.2) is 40.0 Å². The Balaban J connectivity index is 1.92. The summed E-state index contributed by atoms with van der Waals surface area (Å²) < 4.78 is 13.5. The van der Waals surface area contributed by atoms with Gasteiger partial charge in [0, 0.05) is 24.3 Å². The van der Waals surface area contributed by atoms with E-state index in [4.69, 9.17) is 9.47 Å². The van der Waals surface area contributed by atoms with E-state index in [1.165, 1.54) is 0 Å². The van der Waals surface area contributed by atoms with Gasteiger partial charge in [-0.3, -0.25) is 4.79 Å². The molecule has 136 valence electrons. The third-order valence-electron chi connectivity index (χ3n) is 3.56. The quantitative estimate of drug-likeness (QED) is 0.345.